The van der Waals surface area contributed by atoms with Crippen molar-refractivity contribution in [2.45, 2.75) is 56.0 Å². The molecule has 2 aromatic carbocycles. The molecule has 2 aliphatic rings. The highest BCUT2D eigenvalue weighted by molar-refractivity contribution is 7.99. The quantitative estimate of drug-likeness (QED) is 0.750. The number of hydrogen-bond acceptors (Lipinski definition) is 4. The number of fused-ring (bicyclic) bond motifs is 2. The van der Waals surface area contributed by atoms with E-state index in [1.165, 1.54) is 35.3 Å². The minimum Gasteiger partial charge on any atom is -0.454 e. The van der Waals surface area contributed by atoms with Gasteiger partial charge in [0, 0.05) is 16.2 Å². The monoisotopic (exact) mass is 369 g/mol. The Labute approximate surface area is 160 Å². The van der Waals surface area contributed by atoms with Crippen LogP contribution in [0.3, 0.4) is 0 Å². The molecule has 0 saturated heterocycles. The summed E-state index contributed by atoms with van der Waals surface area (Å²) < 4.78 is 11.3. The lowest BCUT2D eigenvalue weighted by atomic mass is 9.88. The minimum absolute atomic E-state index is 0.145. The molecule has 2 heterocycles. The van der Waals surface area contributed by atoms with Crippen LogP contribution in [-0.4, -0.2) is 18.1 Å². The van der Waals surface area contributed by atoms with Gasteiger partial charge in [0.15, 0.2) is 11.5 Å². The van der Waals surface area contributed by atoms with Gasteiger partial charge < -0.3 is 9.47 Å². The van der Waals surface area contributed by atoms with E-state index in [1.54, 1.807) is 0 Å². The molecule has 0 radical (unpaired) electrons. The molecule has 4 heteroatoms. The van der Waals surface area contributed by atoms with Gasteiger partial charge in [-0.2, -0.15) is 0 Å². The number of ether oxygens (including phenoxy) is 2. The smallest absolute Gasteiger partial charge is 0.231 e. The van der Waals surface area contributed by atoms with Crippen LogP contribution in [0.2, 0.25) is 0 Å². The molecule has 2 atom stereocenters. The first-order valence-electron chi connectivity index (χ1n) is 9.63. The van der Waals surface area contributed by atoms with Gasteiger partial charge in [-0.15, -0.1) is 11.8 Å². The van der Waals surface area contributed by atoms with Crippen molar-refractivity contribution in [3.8, 4) is 11.5 Å². The largest absolute Gasteiger partial charge is 0.454 e. The van der Waals surface area contributed by atoms with Crippen LogP contribution in [0.25, 0.3) is 0 Å². The van der Waals surface area contributed by atoms with E-state index < -0.39 is 0 Å². The fourth-order valence-corrected chi connectivity index (χ4v) is 5.28. The number of hydrogen-bond donors (Lipinski definition) is 1. The zero-order valence-corrected chi connectivity index (χ0v) is 16.4. The zero-order chi connectivity index (χ0) is 18.0. The Morgan fingerprint density at radius 2 is 1.88 bits per heavy atom. The lowest BCUT2D eigenvalue weighted by Gasteiger charge is -2.36. The van der Waals surface area contributed by atoms with E-state index in [0.717, 1.165) is 23.7 Å². The van der Waals surface area contributed by atoms with Gasteiger partial charge in [-0.3, -0.25) is 5.32 Å². The highest BCUT2D eigenvalue weighted by Gasteiger charge is 2.36. The molecule has 0 aliphatic carbocycles. The minimum atomic E-state index is 0.145. The summed E-state index contributed by atoms with van der Waals surface area (Å²) in [6.45, 7) is 4.91. The zero-order valence-electron chi connectivity index (χ0n) is 15.6. The maximum absolute atomic E-state index is 5.67. The van der Waals surface area contributed by atoms with Crippen molar-refractivity contribution in [3.05, 3.63) is 53.6 Å². The summed E-state index contributed by atoms with van der Waals surface area (Å²) in [5, 5.41) is 4.06. The van der Waals surface area contributed by atoms with Crippen molar-refractivity contribution in [3.63, 3.8) is 0 Å². The molecule has 0 aromatic heterocycles. The third-order valence-electron chi connectivity index (χ3n) is 5.59. The summed E-state index contributed by atoms with van der Waals surface area (Å²) in [5.74, 6) is 2.82. The number of benzene rings is 2. The number of rotatable bonds is 5. The average molecular weight is 370 g/mol. The Kier molecular flexibility index (Phi) is 5.14. The average Bonchev–Trinajstić information content (AvgIpc) is 3.08. The van der Waals surface area contributed by atoms with E-state index in [4.69, 9.17) is 9.47 Å². The van der Waals surface area contributed by atoms with Gasteiger partial charge in [-0.1, -0.05) is 57.0 Å². The fourth-order valence-electron chi connectivity index (χ4n) is 3.88. The van der Waals surface area contributed by atoms with Gasteiger partial charge in [0.1, 0.15) is 0 Å². The van der Waals surface area contributed by atoms with Crippen LogP contribution in [0.5, 0.6) is 11.5 Å². The van der Waals surface area contributed by atoms with Crippen molar-refractivity contribution >= 4 is 11.8 Å². The molecule has 0 amide bonds. The summed E-state index contributed by atoms with van der Waals surface area (Å²) >= 11 is 1.96. The number of nitrogens with one attached hydrogen (secondary N) is 1. The van der Waals surface area contributed by atoms with Crippen LogP contribution in [0.1, 0.15) is 56.7 Å². The Morgan fingerprint density at radius 1 is 1.12 bits per heavy atom. The Bertz CT molecular complexity index is 764. The third-order valence-corrected chi connectivity index (χ3v) is 6.95. The highest BCUT2D eigenvalue weighted by atomic mass is 32.2. The predicted octanol–water partition coefficient (Wildman–Crippen LogP) is 5.54. The van der Waals surface area contributed by atoms with Gasteiger partial charge in [-0.05, 0) is 36.1 Å². The van der Waals surface area contributed by atoms with E-state index >= 15 is 0 Å². The van der Waals surface area contributed by atoms with E-state index in [2.05, 4.69) is 61.6 Å². The van der Waals surface area contributed by atoms with Crippen LogP contribution in [0, 0.1) is 0 Å². The SMILES string of the molecule is CCCC[C@]1(CC)CSc2cc3c(cc2[C@@H](c2ccccc2)N1)OCO3. The van der Waals surface area contributed by atoms with Crippen LogP contribution < -0.4 is 14.8 Å². The van der Waals surface area contributed by atoms with Crippen LogP contribution in [0.4, 0.5) is 0 Å². The molecule has 0 saturated carbocycles. The molecule has 0 spiro atoms. The van der Waals surface area contributed by atoms with Crippen molar-refractivity contribution in [2.24, 2.45) is 0 Å². The molecule has 2 aromatic rings. The molecule has 2 aliphatic heterocycles. The third kappa shape index (κ3) is 3.33. The molecule has 0 unspecified atom stereocenters. The molecule has 0 fully saturated rings. The van der Waals surface area contributed by atoms with Gasteiger partial charge in [0.2, 0.25) is 6.79 Å². The Hall–Kier alpha value is -1.65. The molecule has 1 N–H and O–H groups in total. The van der Waals surface area contributed by atoms with E-state index in [1.807, 2.05) is 11.8 Å². The Balaban J connectivity index is 1.78. The van der Waals surface area contributed by atoms with E-state index in [-0.39, 0.29) is 11.6 Å². The lowest BCUT2D eigenvalue weighted by molar-refractivity contribution is 0.174. The summed E-state index contributed by atoms with van der Waals surface area (Å²) in [4.78, 5) is 1.31. The van der Waals surface area contributed by atoms with Gasteiger partial charge in [0.05, 0.1) is 6.04 Å². The molecule has 3 nitrogen and oxygen atoms in total. The molecular weight excluding hydrogens is 342 g/mol. The summed E-state index contributed by atoms with van der Waals surface area (Å²) in [7, 11) is 0. The standard InChI is InChI=1S/C22H27NO2S/c1-3-5-11-22(4-2)14-26-20-13-19-18(24-15-25-19)12-17(20)21(23-22)16-9-7-6-8-10-16/h6-10,12-13,21,23H,3-5,11,14-15H2,1-2H3/t21-,22-/m1/s1. The molecule has 138 valence electrons. The van der Waals surface area contributed by atoms with Gasteiger partial charge in [-0.25, -0.2) is 0 Å². The first kappa shape index (κ1) is 17.7. The highest BCUT2D eigenvalue weighted by Crippen LogP contribution is 2.46. The number of unbranched alkanes of at least 4 members (excludes halogenated alkanes) is 1. The summed E-state index contributed by atoms with van der Waals surface area (Å²) in [6.07, 6.45) is 4.82. The predicted molar refractivity (Wildman–Crippen MR) is 107 cm³/mol. The first-order chi connectivity index (χ1) is 12.7. The summed E-state index contributed by atoms with van der Waals surface area (Å²) in [5.41, 5.74) is 2.76. The van der Waals surface area contributed by atoms with Gasteiger partial charge in [0.25, 0.3) is 0 Å². The first-order valence-corrected chi connectivity index (χ1v) is 10.6. The Morgan fingerprint density at radius 3 is 2.62 bits per heavy atom. The van der Waals surface area contributed by atoms with Crippen LogP contribution in [-0.2, 0) is 0 Å². The second-order valence-electron chi connectivity index (χ2n) is 7.26. The van der Waals surface area contributed by atoms with Crippen LogP contribution in [0.15, 0.2) is 47.4 Å². The van der Waals surface area contributed by atoms with Crippen molar-refractivity contribution in [1.29, 1.82) is 0 Å². The second-order valence-corrected chi connectivity index (χ2v) is 8.27. The number of thioether (sulfide) groups is 1. The van der Waals surface area contributed by atoms with E-state index in [9.17, 15) is 0 Å². The van der Waals surface area contributed by atoms with Crippen molar-refractivity contribution in [1.82, 2.24) is 5.32 Å². The molecule has 0 bridgehead atoms. The maximum atomic E-state index is 5.67. The van der Waals surface area contributed by atoms with Crippen molar-refractivity contribution < 1.29 is 9.47 Å². The lowest BCUT2D eigenvalue weighted by Crippen LogP contribution is -2.48. The van der Waals surface area contributed by atoms with E-state index in [0.29, 0.717) is 6.79 Å². The van der Waals surface area contributed by atoms with Gasteiger partial charge >= 0.3 is 0 Å². The molecular formula is C22H27NO2S. The normalized spacial score (nSPS) is 24.2. The molecule has 26 heavy (non-hydrogen) atoms. The second kappa shape index (κ2) is 7.53. The topological polar surface area (TPSA) is 30.5 Å². The fraction of sp³-hybridized carbons (Fsp3) is 0.455. The van der Waals surface area contributed by atoms with Crippen LogP contribution >= 0.6 is 11.8 Å². The summed E-state index contributed by atoms with van der Waals surface area (Å²) in [6, 6.07) is 15.3. The molecule has 4 rings (SSSR count). The maximum Gasteiger partial charge on any atom is 0.231 e. The van der Waals surface area contributed by atoms with Crippen molar-refractivity contribution in [2.75, 3.05) is 12.5 Å².